The van der Waals surface area contributed by atoms with Gasteiger partial charge in [-0.3, -0.25) is 0 Å². The Morgan fingerprint density at radius 2 is 0.536 bits per heavy atom. The maximum atomic E-state index is 10.6. The first-order chi connectivity index (χ1) is 42.6. The largest absolute Gasteiger partial charge is 2.00 e. The molecular weight excluding hydrogens is 1480 g/mol. The van der Waals surface area contributed by atoms with E-state index in [2.05, 4.69) is 40.3 Å². The maximum Gasteiger partial charge on any atom is 2.00 e. The van der Waals surface area contributed by atoms with Gasteiger partial charge in [0.15, 0.2) is 0 Å². The molecular formula is C60H78Cl8CoN14O14+2. The van der Waals surface area contributed by atoms with Crippen LogP contribution < -0.4 is 0 Å². The Morgan fingerprint density at radius 1 is 0.381 bits per heavy atom. The van der Waals surface area contributed by atoms with E-state index in [1.54, 1.807) is 141 Å². The Kier molecular flexibility index (Phi) is 41.9. The number of halogens is 8. The first kappa shape index (κ1) is 94.5. The van der Waals surface area contributed by atoms with Crippen LogP contribution in [0.4, 0.5) is 0 Å². The van der Waals surface area contributed by atoms with E-state index in [9.17, 15) is 20.4 Å². The summed E-state index contributed by atoms with van der Waals surface area (Å²) < 4.78 is 6.17. The smallest absolute Gasteiger partial charge is 0.457 e. The standard InChI is InChI=1S/4C15H17Cl2N3O.Co.2NO3.4H2O/c4*1-15(2,3)14(21)13(20-9-18-8-19-20)6-10-4-5-11(16)7-12(10)17;;2*2-1(3)4;;;;/h4*4-9,14,21H,1-3H3;;;;4*1H2/q;;;;+2;2*-1;;;;/p+2/b4*13-6+;;;;;;;/t4*14-;;;;;;;/m1100......./s1. The number of rotatable bonds is 12. The van der Waals surface area contributed by atoms with E-state index < -0.39 is 34.6 Å². The summed E-state index contributed by atoms with van der Waals surface area (Å²) >= 11 is 48.4. The SMILES string of the molecule is CC(C)(C)[C@@H](O)/C(=C\c1ccc(Cl)cc1Cl)n1cncn1.CC(C)(C)[C@@H](O)/C(=C\c1ccc(Cl)cc1Cl)n1cncn1.CC(C)(C)[C@H](O)/C(=C\c1ccc(Cl)cc1Cl)n1cncn1.CC(C)(C)[C@H](O)/C(=C\c1ccc(Cl)cc1Cl)n1cncn1.O.O.O=[N+]([O-])[O-].O=[N+]([O-])[O-].[Co+2].[OH3+].[OH3+]. The number of aromatic nitrogens is 12. The average molecular weight is 1560 g/mol. The van der Waals surface area contributed by atoms with Crippen LogP contribution in [-0.2, 0) is 27.7 Å². The predicted molar refractivity (Wildman–Crippen MR) is 382 cm³/mol. The molecule has 4 aromatic carbocycles. The van der Waals surface area contributed by atoms with E-state index in [4.69, 9.17) is 123 Å². The third-order valence-corrected chi connectivity index (χ3v) is 14.4. The molecule has 0 aliphatic heterocycles. The molecule has 0 aliphatic carbocycles. The summed E-state index contributed by atoms with van der Waals surface area (Å²) in [7, 11) is 0. The normalized spacial score (nSPS) is 12.9. The van der Waals surface area contributed by atoms with Crippen LogP contribution in [0.25, 0.3) is 47.1 Å². The van der Waals surface area contributed by atoms with E-state index in [1.807, 2.05) is 83.1 Å². The van der Waals surface area contributed by atoms with Crippen molar-refractivity contribution in [1.29, 1.82) is 0 Å². The Bertz CT molecular complexity index is 3290. The molecule has 8 rings (SSSR count). The van der Waals surface area contributed by atoms with Crippen LogP contribution in [-0.4, -0.2) is 125 Å². The molecule has 28 nitrogen and oxygen atoms in total. The van der Waals surface area contributed by atoms with Crippen LogP contribution in [0.3, 0.4) is 0 Å². The zero-order valence-electron chi connectivity index (χ0n) is 54.2. The van der Waals surface area contributed by atoms with Gasteiger partial charge in [-0.2, -0.15) is 20.4 Å². The first-order valence-corrected chi connectivity index (χ1v) is 30.1. The Balaban J connectivity index is -0.00000115. The van der Waals surface area contributed by atoms with Gasteiger partial charge in [-0.05, 0) is 117 Å². The summed E-state index contributed by atoms with van der Waals surface area (Å²) in [6, 6.07) is 20.9. The van der Waals surface area contributed by atoms with Crippen molar-refractivity contribution in [2.75, 3.05) is 0 Å². The predicted octanol–water partition coefficient (Wildman–Crippen LogP) is 12.0. The topological polar surface area (TPSA) is 465 Å². The summed E-state index contributed by atoms with van der Waals surface area (Å²) in [4.78, 5) is 32.2. The van der Waals surface area contributed by atoms with Crippen LogP contribution in [0.2, 0.25) is 40.2 Å². The number of nitrogens with zero attached hydrogens (tertiary/aromatic N) is 14. The molecule has 37 heteroatoms. The average Bonchev–Trinajstić information content (AvgIpc) is 1.83. The first-order valence-electron chi connectivity index (χ1n) is 27.0. The van der Waals surface area contributed by atoms with Gasteiger partial charge >= 0.3 is 16.8 Å². The van der Waals surface area contributed by atoms with Crippen LogP contribution in [0, 0.1) is 52.3 Å². The second kappa shape index (κ2) is 43.0. The van der Waals surface area contributed by atoms with Crippen molar-refractivity contribution in [3.05, 3.63) is 216 Å². The van der Waals surface area contributed by atoms with E-state index in [-0.39, 0.29) is 60.3 Å². The van der Waals surface area contributed by atoms with Crippen molar-refractivity contribution in [1.82, 2.24) is 59.1 Å². The molecule has 1 radical (unpaired) electrons. The Morgan fingerprint density at radius 3 is 0.649 bits per heavy atom. The minimum absolute atomic E-state index is 0. The van der Waals surface area contributed by atoms with Gasteiger partial charge in [0.25, 0.3) is 0 Å². The molecule has 8 aromatic rings. The van der Waals surface area contributed by atoms with Crippen LogP contribution in [0.15, 0.2) is 123 Å². The van der Waals surface area contributed by atoms with E-state index in [0.29, 0.717) is 63.0 Å². The van der Waals surface area contributed by atoms with Gasteiger partial charge in [0.2, 0.25) is 0 Å². The van der Waals surface area contributed by atoms with Gasteiger partial charge in [0, 0.05) is 40.2 Å². The molecule has 14 N–H and O–H groups in total. The molecule has 97 heavy (non-hydrogen) atoms. The van der Waals surface area contributed by atoms with Gasteiger partial charge in [0.1, 0.15) is 75.0 Å². The second-order valence-electron chi connectivity index (χ2n) is 23.8. The fourth-order valence-electron chi connectivity index (χ4n) is 7.33. The third-order valence-electron chi connectivity index (χ3n) is 12.2. The summed E-state index contributed by atoms with van der Waals surface area (Å²) in [5.74, 6) is 0. The molecule has 0 amide bonds. The molecule has 0 fully saturated rings. The van der Waals surface area contributed by atoms with Crippen LogP contribution in [0.1, 0.15) is 105 Å². The van der Waals surface area contributed by atoms with E-state index in [1.165, 1.54) is 25.3 Å². The van der Waals surface area contributed by atoms with Gasteiger partial charge in [-0.1, -0.05) is 200 Å². The minimum atomic E-state index is -1.75. The zero-order valence-corrected chi connectivity index (χ0v) is 61.3. The fraction of sp³-hybridized carbons (Fsp3) is 0.333. The van der Waals surface area contributed by atoms with Gasteiger partial charge in [-0.25, -0.2) is 38.7 Å². The number of hydrogen-bond acceptors (Lipinski definition) is 18. The molecule has 0 spiro atoms. The zero-order chi connectivity index (χ0) is 69.6. The molecule has 4 heterocycles. The molecule has 4 aromatic heterocycles. The second-order valence-corrected chi connectivity index (χ2v) is 27.2. The molecule has 4 atom stereocenters. The van der Waals surface area contributed by atoms with Crippen molar-refractivity contribution in [3.63, 3.8) is 0 Å². The quantitative estimate of drug-likeness (QED) is 0.0501. The molecule has 0 saturated carbocycles. The van der Waals surface area contributed by atoms with Gasteiger partial charge in [0.05, 0.1) is 33.0 Å². The summed E-state index contributed by atoms with van der Waals surface area (Å²) in [5.41, 5.74) is 4.04. The minimum Gasteiger partial charge on any atom is -0.457 e. The Hall–Kier alpha value is -6.69. The summed E-state index contributed by atoms with van der Waals surface area (Å²) in [6.07, 6.45) is 16.1. The third kappa shape index (κ3) is 32.2. The Labute approximate surface area is 609 Å². The van der Waals surface area contributed by atoms with Gasteiger partial charge < -0.3 is 73.0 Å². The number of hydrogen-bond donors (Lipinski definition) is 4. The van der Waals surface area contributed by atoms with E-state index >= 15 is 0 Å². The van der Waals surface area contributed by atoms with Crippen molar-refractivity contribution >= 4 is 140 Å². The summed E-state index contributed by atoms with van der Waals surface area (Å²) in [6.45, 7) is 23.4. The number of aliphatic hydroxyl groups excluding tert-OH is 4. The van der Waals surface area contributed by atoms with Crippen molar-refractivity contribution in [2.45, 2.75) is 108 Å². The molecule has 0 saturated heterocycles. The van der Waals surface area contributed by atoms with Crippen molar-refractivity contribution in [3.8, 4) is 0 Å². The van der Waals surface area contributed by atoms with E-state index in [0.717, 1.165) is 22.3 Å². The van der Waals surface area contributed by atoms with Crippen LogP contribution in [0.5, 0.6) is 0 Å². The summed E-state index contributed by atoms with van der Waals surface area (Å²) in [5, 5.41) is 92.6. The van der Waals surface area contributed by atoms with Crippen molar-refractivity contribution < 1.29 is 69.3 Å². The maximum absolute atomic E-state index is 10.6. The monoisotopic (exact) mass is 1560 g/mol. The fourth-order valence-corrected chi connectivity index (χ4v) is 9.19. The molecule has 0 unspecified atom stereocenters. The van der Waals surface area contributed by atoms with Gasteiger partial charge in [-0.15, -0.1) is 0 Å². The molecule has 0 bridgehead atoms. The van der Waals surface area contributed by atoms with Crippen LogP contribution >= 0.6 is 92.8 Å². The van der Waals surface area contributed by atoms with Crippen molar-refractivity contribution in [2.24, 2.45) is 21.7 Å². The molecule has 0 aliphatic rings. The number of benzene rings is 4. The molecule has 535 valence electrons. The number of aliphatic hydroxyl groups is 4.